The molecule has 2 aromatic rings. The number of sulfonamides is 1. The molecule has 1 aromatic carbocycles. The quantitative estimate of drug-likeness (QED) is 0.318. The summed E-state index contributed by atoms with van der Waals surface area (Å²) in [6.45, 7) is 5.33. The number of ketones is 1. The average Bonchev–Trinajstić information content (AvgIpc) is 3.04. The van der Waals surface area contributed by atoms with E-state index in [4.69, 9.17) is 4.74 Å². The smallest absolute Gasteiger partial charge is 0.370 e. The number of nitrogens with zero attached hydrogens (tertiary/aromatic N) is 4. The lowest BCUT2D eigenvalue weighted by Gasteiger charge is -2.42. The van der Waals surface area contributed by atoms with Gasteiger partial charge in [-0.15, -0.1) is 0 Å². The van der Waals surface area contributed by atoms with Crippen molar-refractivity contribution in [1.82, 2.24) is 19.1 Å². The molecular weight excluding hydrogens is 593 g/mol. The van der Waals surface area contributed by atoms with Gasteiger partial charge in [0.1, 0.15) is 0 Å². The third-order valence-electron chi connectivity index (χ3n) is 9.27. The molecule has 0 radical (unpaired) electrons. The number of benzene rings is 1. The summed E-state index contributed by atoms with van der Waals surface area (Å²) in [6.07, 6.45) is 6.62. The molecule has 3 aliphatic rings. The molecule has 3 aliphatic heterocycles. The highest BCUT2D eigenvalue weighted by molar-refractivity contribution is 7.89. The van der Waals surface area contributed by atoms with Gasteiger partial charge in [-0.1, -0.05) is 25.0 Å². The molecule has 44 heavy (non-hydrogen) atoms. The Bertz CT molecular complexity index is 1340. The maximum Gasteiger partial charge on any atom is 0.416 e. The molecule has 0 amide bonds. The standard InChI is InChI=1S/C32H43F3N4O4S/c33-32(34,35)26-9-6-11-28(23-26)44(41,42)39-19-5-2-12-29(39)30(40)25-38-20-13-31(14-21-38,27-10-7-15-36-24-27)43-22-8-18-37-16-3-1-4-17-37/h6-7,9-11,15,23-24,29H,1-5,8,12-14,16-22,25H2. The Labute approximate surface area is 258 Å². The van der Waals surface area contributed by atoms with Crippen LogP contribution >= 0.6 is 0 Å². The topological polar surface area (TPSA) is 83.1 Å². The second kappa shape index (κ2) is 14.4. The second-order valence-electron chi connectivity index (χ2n) is 12.2. The summed E-state index contributed by atoms with van der Waals surface area (Å²) in [5, 5.41) is 0. The van der Waals surface area contributed by atoms with Crippen molar-refractivity contribution in [3.63, 3.8) is 0 Å². The molecule has 5 rings (SSSR count). The zero-order valence-electron chi connectivity index (χ0n) is 25.2. The average molecular weight is 637 g/mol. The first-order chi connectivity index (χ1) is 21.1. The van der Waals surface area contributed by atoms with E-state index in [1.165, 1.54) is 19.3 Å². The highest BCUT2D eigenvalue weighted by Crippen LogP contribution is 2.37. The van der Waals surface area contributed by atoms with E-state index in [9.17, 15) is 26.4 Å². The summed E-state index contributed by atoms with van der Waals surface area (Å²) in [5.74, 6) is -0.225. The molecule has 0 spiro atoms. The van der Waals surface area contributed by atoms with Gasteiger partial charge in [0, 0.05) is 50.7 Å². The molecule has 1 atom stereocenters. The molecule has 3 fully saturated rings. The van der Waals surface area contributed by atoms with Crippen molar-refractivity contribution in [2.45, 2.75) is 80.5 Å². The van der Waals surface area contributed by atoms with Crippen LogP contribution in [0.2, 0.25) is 0 Å². The number of rotatable bonds is 11. The fraction of sp³-hybridized carbons (Fsp3) is 0.625. The van der Waals surface area contributed by atoms with Crippen molar-refractivity contribution in [1.29, 1.82) is 0 Å². The third-order valence-corrected chi connectivity index (χ3v) is 11.2. The van der Waals surface area contributed by atoms with Crippen molar-refractivity contribution in [2.24, 2.45) is 0 Å². The summed E-state index contributed by atoms with van der Waals surface area (Å²) < 4.78 is 74.7. The van der Waals surface area contributed by atoms with Crippen LogP contribution in [-0.2, 0) is 31.3 Å². The number of ether oxygens (including phenoxy) is 1. The molecule has 0 aliphatic carbocycles. The lowest BCUT2D eigenvalue weighted by Crippen LogP contribution is -2.52. The number of halogens is 3. The SMILES string of the molecule is O=C(CN1CCC(OCCCN2CCCCC2)(c2cccnc2)CC1)C1CCCCN1S(=O)(=O)c1cccc(C(F)(F)F)c1. The number of likely N-dealkylation sites (tertiary alicyclic amines) is 2. The Morgan fingerprint density at radius 1 is 0.955 bits per heavy atom. The maximum absolute atomic E-state index is 13.6. The molecule has 8 nitrogen and oxygen atoms in total. The molecule has 0 bridgehead atoms. The minimum Gasteiger partial charge on any atom is -0.370 e. The Hall–Kier alpha value is -2.38. The van der Waals surface area contributed by atoms with Crippen molar-refractivity contribution in [2.75, 3.05) is 52.4 Å². The number of hydrogen-bond acceptors (Lipinski definition) is 7. The minimum absolute atomic E-state index is 0.0807. The van der Waals surface area contributed by atoms with Gasteiger partial charge >= 0.3 is 6.18 Å². The van der Waals surface area contributed by atoms with E-state index in [-0.39, 0.29) is 18.9 Å². The molecule has 12 heteroatoms. The third kappa shape index (κ3) is 7.88. The van der Waals surface area contributed by atoms with Crippen molar-refractivity contribution < 1.29 is 31.1 Å². The monoisotopic (exact) mass is 636 g/mol. The molecular formula is C32H43F3N4O4S. The molecule has 0 N–H and O–H groups in total. The number of piperidine rings is 3. The summed E-state index contributed by atoms with van der Waals surface area (Å²) in [7, 11) is -4.29. The van der Waals surface area contributed by atoms with Crippen molar-refractivity contribution >= 4 is 15.8 Å². The van der Waals surface area contributed by atoms with E-state index in [1.54, 1.807) is 6.20 Å². The Balaban J connectivity index is 1.22. The van der Waals surface area contributed by atoms with E-state index >= 15 is 0 Å². The number of carbonyl (C=O) groups is 1. The van der Waals surface area contributed by atoms with Gasteiger partial charge in [0.15, 0.2) is 5.78 Å². The van der Waals surface area contributed by atoms with E-state index in [0.29, 0.717) is 57.9 Å². The van der Waals surface area contributed by atoms with Crippen LogP contribution < -0.4 is 0 Å². The van der Waals surface area contributed by atoms with Crippen LogP contribution in [0.25, 0.3) is 0 Å². The highest BCUT2D eigenvalue weighted by atomic mass is 32.2. The van der Waals surface area contributed by atoms with Gasteiger partial charge in [-0.05, 0) is 82.3 Å². The molecule has 1 aromatic heterocycles. The lowest BCUT2D eigenvalue weighted by atomic mass is 9.84. The normalized spacial score (nSPS) is 22.6. The van der Waals surface area contributed by atoms with E-state index < -0.39 is 38.3 Å². The first kappa shape index (κ1) is 33.0. The summed E-state index contributed by atoms with van der Waals surface area (Å²) in [4.78, 5) is 22.0. The fourth-order valence-corrected chi connectivity index (χ4v) is 8.49. The van der Waals surface area contributed by atoms with Crippen LogP contribution in [0.1, 0.15) is 68.9 Å². The summed E-state index contributed by atoms with van der Waals surface area (Å²) in [5.41, 5.74) is -0.508. The van der Waals surface area contributed by atoms with Crippen molar-refractivity contribution in [3.8, 4) is 0 Å². The van der Waals surface area contributed by atoms with Gasteiger partial charge in [-0.3, -0.25) is 14.7 Å². The number of pyridine rings is 1. The van der Waals surface area contributed by atoms with Crippen LogP contribution in [0.15, 0.2) is 53.7 Å². The van der Waals surface area contributed by atoms with Gasteiger partial charge < -0.3 is 9.64 Å². The number of Topliss-reactive ketones (excluding diaryl/α,β-unsaturated/α-hetero) is 1. The highest BCUT2D eigenvalue weighted by Gasteiger charge is 2.41. The number of aromatic nitrogens is 1. The lowest BCUT2D eigenvalue weighted by molar-refractivity contribution is -0.137. The van der Waals surface area contributed by atoms with Gasteiger partial charge in [0.2, 0.25) is 10.0 Å². The first-order valence-corrected chi connectivity index (χ1v) is 17.2. The van der Waals surface area contributed by atoms with Crippen LogP contribution in [0.3, 0.4) is 0 Å². The minimum atomic E-state index is -4.67. The van der Waals surface area contributed by atoms with Gasteiger partial charge in [0.05, 0.1) is 28.6 Å². The molecule has 242 valence electrons. The van der Waals surface area contributed by atoms with E-state index in [0.717, 1.165) is 54.1 Å². The maximum atomic E-state index is 13.6. The Kier molecular flexibility index (Phi) is 10.8. The Morgan fingerprint density at radius 3 is 2.41 bits per heavy atom. The van der Waals surface area contributed by atoms with Gasteiger partial charge in [-0.25, -0.2) is 8.42 Å². The van der Waals surface area contributed by atoms with Gasteiger partial charge in [-0.2, -0.15) is 17.5 Å². The number of carbonyl (C=O) groups excluding carboxylic acids is 1. The van der Waals surface area contributed by atoms with Crippen LogP contribution in [0, 0.1) is 0 Å². The number of hydrogen-bond donors (Lipinski definition) is 0. The van der Waals surface area contributed by atoms with Crippen LogP contribution in [-0.4, -0.2) is 91.8 Å². The zero-order chi connectivity index (χ0) is 31.2. The number of alkyl halides is 3. The van der Waals surface area contributed by atoms with Crippen LogP contribution in [0.5, 0.6) is 0 Å². The van der Waals surface area contributed by atoms with E-state index in [2.05, 4.69) is 9.88 Å². The van der Waals surface area contributed by atoms with Crippen LogP contribution in [0.4, 0.5) is 13.2 Å². The molecule has 0 saturated carbocycles. The van der Waals surface area contributed by atoms with E-state index in [1.807, 2.05) is 23.2 Å². The molecule has 3 saturated heterocycles. The predicted molar refractivity (Wildman–Crippen MR) is 160 cm³/mol. The summed E-state index contributed by atoms with van der Waals surface area (Å²) in [6, 6.07) is 6.80. The first-order valence-electron chi connectivity index (χ1n) is 15.8. The fourth-order valence-electron chi connectivity index (χ4n) is 6.77. The second-order valence-corrected chi connectivity index (χ2v) is 14.1. The Morgan fingerprint density at radius 2 is 1.70 bits per heavy atom. The van der Waals surface area contributed by atoms with Crippen molar-refractivity contribution in [3.05, 3.63) is 59.9 Å². The predicted octanol–water partition coefficient (Wildman–Crippen LogP) is 5.10. The zero-order valence-corrected chi connectivity index (χ0v) is 26.0. The summed E-state index contributed by atoms with van der Waals surface area (Å²) >= 11 is 0. The molecule has 4 heterocycles. The van der Waals surface area contributed by atoms with Gasteiger partial charge in [0.25, 0.3) is 0 Å². The molecule has 1 unspecified atom stereocenters. The largest absolute Gasteiger partial charge is 0.416 e.